The maximum atomic E-state index is 13.2. The van der Waals surface area contributed by atoms with Crippen LogP contribution in [-0.2, 0) is 40.6 Å². The Morgan fingerprint density at radius 2 is 0.937 bits per heavy atom. The molecule has 8 heterocycles. The summed E-state index contributed by atoms with van der Waals surface area (Å²) in [5, 5.41) is 3.46. The summed E-state index contributed by atoms with van der Waals surface area (Å²) in [6.45, 7) is 10.9. The molecule has 4 aromatic carbocycles. The second-order valence-electron chi connectivity index (χ2n) is 22.7. The average Bonchev–Trinajstić information content (AvgIpc) is 0.982. The summed E-state index contributed by atoms with van der Waals surface area (Å²) in [5.74, 6) is -1.28. The number of piperazine rings is 3. The standard InChI is InChI=1S/C25H25Cl2N3O4.C22H22ClN3O5.C20H22N4O5S/c1-4-34-25(33)21-22(17-13-15(2)5-8-20(17)28(3)24(21)32)29-9-11-30(12-10-29)23(31)16-6-7-18(26)19(27)14-16;1-3-30-22(29)18-19(15-13-14(23)6-7-16(15)24(2)21(18)28)25-8-10-26(11-9-25)20(27)17-5-4-12-31-17;1-22-15-7-4-3-6-14(15)18(17(20(22)26)21-30(2,27)28)23-9-11-24(12-10-23)19(25)16-8-5-13-29-16/h5-8,13-14H,4,9-12H2,1-3H3;4-7,12-13H,3,8-11H2,1-2H3;3-8,13,21H,9-12H2,1-2H3. The van der Waals surface area contributed by atoms with Crippen molar-refractivity contribution < 1.29 is 50.7 Å². The van der Waals surface area contributed by atoms with Gasteiger partial charge in [0.25, 0.3) is 34.4 Å². The van der Waals surface area contributed by atoms with Gasteiger partial charge in [-0.3, -0.25) is 33.5 Å². The van der Waals surface area contributed by atoms with E-state index < -0.39 is 38.6 Å². The van der Waals surface area contributed by atoms with Crippen LogP contribution in [-0.4, -0.2) is 164 Å². The Hall–Kier alpha value is -9.56. The highest BCUT2D eigenvalue weighted by Gasteiger charge is 2.34. The molecule has 95 heavy (non-hydrogen) atoms. The summed E-state index contributed by atoms with van der Waals surface area (Å²) < 4.78 is 51.5. The van der Waals surface area contributed by atoms with Crippen molar-refractivity contribution in [3.8, 4) is 0 Å². The highest BCUT2D eigenvalue weighted by atomic mass is 35.5. The molecule has 0 unspecified atom stereocenters. The number of hydrogen-bond acceptors (Lipinski definition) is 17. The third kappa shape index (κ3) is 14.4. The van der Waals surface area contributed by atoms with E-state index in [-0.39, 0.29) is 59.3 Å². The Balaban J connectivity index is 0.000000156. The molecule has 0 atom stereocenters. The van der Waals surface area contributed by atoms with Crippen LogP contribution in [0.4, 0.5) is 22.7 Å². The number of esters is 2. The van der Waals surface area contributed by atoms with Gasteiger partial charge in [-0.1, -0.05) is 64.6 Å². The predicted molar refractivity (Wildman–Crippen MR) is 366 cm³/mol. The van der Waals surface area contributed by atoms with Gasteiger partial charge in [-0.2, -0.15) is 0 Å². The molecule has 0 bridgehead atoms. The fraction of sp³-hybridized carbons (Fsp3) is 0.313. The van der Waals surface area contributed by atoms with Crippen LogP contribution in [0.3, 0.4) is 0 Å². The van der Waals surface area contributed by atoms with Crippen molar-refractivity contribution in [1.29, 1.82) is 0 Å². The minimum absolute atomic E-state index is 0.0181. The number of nitrogens with one attached hydrogen (secondary N) is 1. The number of fused-ring (bicyclic) bond motifs is 3. The van der Waals surface area contributed by atoms with Crippen LogP contribution in [0.25, 0.3) is 32.7 Å². The molecule has 3 amide bonds. The van der Waals surface area contributed by atoms with Crippen molar-refractivity contribution in [2.24, 2.45) is 21.1 Å². The molecule has 28 heteroatoms. The Kier molecular flexibility index (Phi) is 20.8. The Bertz CT molecular complexity index is 4740. The first kappa shape index (κ1) is 68.3. The van der Waals surface area contributed by atoms with E-state index in [1.165, 1.54) is 26.2 Å². The van der Waals surface area contributed by atoms with Crippen molar-refractivity contribution >= 4 is 130 Å². The summed E-state index contributed by atoms with van der Waals surface area (Å²) >= 11 is 18.3. The number of furan rings is 2. The predicted octanol–water partition coefficient (Wildman–Crippen LogP) is 8.68. The number of para-hydroxylation sites is 1. The third-order valence-electron chi connectivity index (χ3n) is 16.7. The average molecular weight is 1380 g/mol. The largest absolute Gasteiger partial charge is 0.462 e. The lowest BCUT2D eigenvalue weighted by molar-refractivity contribution is 0.0514. The number of benzene rings is 4. The normalized spacial score (nSPS) is 14.3. The number of carbonyl (C=O) groups is 5. The van der Waals surface area contributed by atoms with Crippen molar-refractivity contribution in [2.45, 2.75) is 20.8 Å². The van der Waals surface area contributed by atoms with Gasteiger partial charge in [-0.25, -0.2) is 18.0 Å². The zero-order valence-corrected chi connectivity index (χ0v) is 56.2. The van der Waals surface area contributed by atoms with Crippen molar-refractivity contribution in [3.05, 3.63) is 196 Å². The van der Waals surface area contributed by atoms with Crippen LogP contribution in [0.2, 0.25) is 15.1 Å². The fourth-order valence-corrected chi connectivity index (χ4v) is 13.0. The molecular formula is C67H69Cl3N10O14S. The number of nitrogens with zero attached hydrogens (tertiary/aromatic N) is 9. The van der Waals surface area contributed by atoms with E-state index in [9.17, 15) is 46.8 Å². The molecule has 9 aromatic rings. The van der Waals surface area contributed by atoms with Crippen LogP contribution >= 0.6 is 34.8 Å². The second kappa shape index (κ2) is 29.0. The van der Waals surface area contributed by atoms with E-state index in [0.29, 0.717) is 133 Å². The zero-order chi connectivity index (χ0) is 68.2. The van der Waals surface area contributed by atoms with E-state index in [4.69, 9.17) is 53.1 Å². The van der Waals surface area contributed by atoms with Crippen LogP contribution < -0.4 is 36.1 Å². The topological polar surface area (TPSA) is 262 Å². The summed E-state index contributed by atoms with van der Waals surface area (Å²) in [6.07, 6.45) is 3.94. The molecule has 0 spiro atoms. The second-order valence-corrected chi connectivity index (χ2v) is 25.7. The first-order valence-electron chi connectivity index (χ1n) is 30.4. The van der Waals surface area contributed by atoms with Crippen molar-refractivity contribution in [1.82, 2.24) is 28.4 Å². The number of amides is 3. The highest BCUT2D eigenvalue weighted by Crippen LogP contribution is 2.36. The molecule has 5 aromatic heterocycles. The molecule has 0 saturated carbocycles. The first-order chi connectivity index (χ1) is 45.4. The minimum atomic E-state index is -3.67. The molecule has 498 valence electrons. The highest BCUT2D eigenvalue weighted by molar-refractivity contribution is 7.92. The molecule has 3 aliphatic rings. The lowest BCUT2D eigenvalue weighted by Crippen LogP contribution is -2.49. The van der Waals surface area contributed by atoms with Gasteiger partial charge >= 0.3 is 11.9 Å². The van der Waals surface area contributed by atoms with Gasteiger partial charge in [0.15, 0.2) is 11.5 Å². The van der Waals surface area contributed by atoms with Gasteiger partial charge in [-0.05, 0) is 99.6 Å². The lowest BCUT2D eigenvalue weighted by atomic mass is 10.0. The van der Waals surface area contributed by atoms with Crippen molar-refractivity contribution in [3.63, 3.8) is 0 Å². The smallest absolute Gasteiger partial charge is 0.345 e. The van der Waals surface area contributed by atoms with Crippen LogP contribution in [0.15, 0.2) is 139 Å². The summed E-state index contributed by atoms with van der Waals surface area (Å²) in [7, 11) is 1.22. The first-order valence-corrected chi connectivity index (χ1v) is 33.5. The number of aryl methyl sites for hydroxylation is 4. The van der Waals surface area contributed by atoms with E-state index in [1.54, 1.807) is 110 Å². The number of sulfonamides is 1. The SMILES string of the molecule is CCOC(=O)c1c(N2CCN(C(=O)c3ccc(Cl)c(Cl)c3)CC2)c2cc(C)ccc2n(C)c1=O.CCOC(=O)c1c(N2CCN(C(=O)c3ccco3)CC2)c2cc(Cl)ccc2n(C)c1=O.Cn1c(=O)c(NS(C)(=O)=O)c(N2CCN(C(=O)c3ccco3)CC2)c2ccccc21. The fourth-order valence-electron chi connectivity index (χ4n) is 12.0. The molecule has 24 nitrogen and oxygen atoms in total. The maximum Gasteiger partial charge on any atom is 0.345 e. The van der Waals surface area contributed by atoms with Gasteiger partial charge in [0.2, 0.25) is 10.0 Å². The summed E-state index contributed by atoms with van der Waals surface area (Å²) in [4.78, 5) is 114. The van der Waals surface area contributed by atoms with Gasteiger partial charge in [0.1, 0.15) is 16.8 Å². The number of carbonyl (C=O) groups excluding carboxylic acids is 5. The number of pyridine rings is 3. The summed E-state index contributed by atoms with van der Waals surface area (Å²) in [5.41, 5.74) is 3.89. The quantitative estimate of drug-likeness (QED) is 0.112. The molecular weight excluding hydrogens is 1310 g/mol. The van der Waals surface area contributed by atoms with Gasteiger partial charge in [0, 0.05) is 126 Å². The number of anilines is 4. The van der Waals surface area contributed by atoms with Gasteiger partial charge < -0.3 is 61.4 Å². The number of aromatic nitrogens is 3. The van der Waals surface area contributed by atoms with E-state index in [0.717, 1.165) is 28.1 Å². The van der Waals surface area contributed by atoms with Crippen LogP contribution in [0, 0.1) is 6.92 Å². The van der Waals surface area contributed by atoms with Crippen molar-refractivity contribution in [2.75, 3.05) is 117 Å². The molecule has 0 radical (unpaired) electrons. The number of hydrogen-bond donors (Lipinski definition) is 1. The number of halogens is 3. The Labute approximate surface area is 560 Å². The molecule has 12 rings (SSSR count). The third-order valence-corrected chi connectivity index (χ3v) is 18.2. The van der Waals surface area contributed by atoms with Crippen LogP contribution in [0.1, 0.15) is 71.6 Å². The van der Waals surface area contributed by atoms with E-state index >= 15 is 0 Å². The Morgan fingerprint density at radius 3 is 1.40 bits per heavy atom. The van der Waals surface area contributed by atoms with E-state index in [1.807, 2.05) is 64.1 Å². The maximum absolute atomic E-state index is 13.2. The summed E-state index contributed by atoms with van der Waals surface area (Å²) in [6, 6.07) is 29.8. The minimum Gasteiger partial charge on any atom is -0.462 e. The number of ether oxygens (including phenoxy) is 2. The zero-order valence-electron chi connectivity index (χ0n) is 53.2. The molecule has 3 saturated heterocycles. The molecule has 0 aliphatic carbocycles. The van der Waals surface area contributed by atoms with Gasteiger partial charge in [-0.15, -0.1) is 0 Å². The number of rotatable bonds is 12. The Morgan fingerprint density at radius 1 is 0.495 bits per heavy atom. The van der Waals surface area contributed by atoms with Crippen LogP contribution in [0.5, 0.6) is 0 Å². The monoisotopic (exact) mass is 1370 g/mol. The molecule has 3 aliphatic heterocycles. The molecule has 1 N–H and O–H groups in total. The lowest BCUT2D eigenvalue weighted by Gasteiger charge is -2.37. The van der Waals surface area contributed by atoms with Gasteiger partial charge in [0.05, 0.1) is 75.7 Å². The van der Waals surface area contributed by atoms with E-state index in [2.05, 4.69) is 4.72 Å². The molecule has 3 fully saturated rings.